The number of nitrogens with one attached hydrogen (secondary N) is 2. The zero-order valence-corrected chi connectivity index (χ0v) is 13.5. The third-order valence-corrected chi connectivity index (χ3v) is 4.89. The molecule has 1 aliphatic heterocycles. The van der Waals surface area contributed by atoms with Crippen molar-refractivity contribution in [3.05, 3.63) is 23.0 Å². The SMILES string of the molecule is CC(C)c1cc2nc3c(c(NC4CCNC4)n2n1)CCCC3. The minimum atomic E-state index is 0.430. The van der Waals surface area contributed by atoms with Gasteiger partial charge in [-0.25, -0.2) is 4.98 Å². The van der Waals surface area contributed by atoms with E-state index in [1.165, 1.54) is 36.3 Å². The molecule has 1 unspecified atom stereocenters. The molecule has 2 N–H and O–H groups in total. The number of aromatic nitrogens is 3. The lowest BCUT2D eigenvalue weighted by Crippen LogP contribution is -2.26. The summed E-state index contributed by atoms with van der Waals surface area (Å²) >= 11 is 0. The van der Waals surface area contributed by atoms with E-state index < -0.39 is 0 Å². The van der Waals surface area contributed by atoms with Crippen LogP contribution in [0.2, 0.25) is 0 Å². The van der Waals surface area contributed by atoms with Crippen LogP contribution in [0.5, 0.6) is 0 Å². The summed E-state index contributed by atoms with van der Waals surface area (Å²) < 4.78 is 2.05. The Bertz CT molecular complexity index is 682. The number of hydrogen-bond donors (Lipinski definition) is 2. The van der Waals surface area contributed by atoms with Gasteiger partial charge in [-0.2, -0.15) is 9.61 Å². The fourth-order valence-electron chi connectivity index (χ4n) is 3.57. The maximum Gasteiger partial charge on any atom is 0.157 e. The normalized spacial score (nSPS) is 21.5. The summed E-state index contributed by atoms with van der Waals surface area (Å²) in [4.78, 5) is 4.90. The highest BCUT2D eigenvalue weighted by molar-refractivity contribution is 5.57. The maximum absolute atomic E-state index is 4.90. The van der Waals surface area contributed by atoms with Crippen molar-refractivity contribution in [3.8, 4) is 0 Å². The predicted octanol–water partition coefficient (Wildman–Crippen LogP) is 2.51. The Morgan fingerprint density at radius 1 is 1.32 bits per heavy atom. The van der Waals surface area contributed by atoms with Crippen molar-refractivity contribution in [3.63, 3.8) is 0 Å². The van der Waals surface area contributed by atoms with Crippen LogP contribution < -0.4 is 10.6 Å². The number of anilines is 1. The smallest absolute Gasteiger partial charge is 0.157 e. The summed E-state index contributed by atoms with van der Waals surface area (Å²) in [6.07, 6.45) is 5.92. The Morgan fingerprint density at radius 3 is 2.95 bits per heavy atom. The molecule has 0 radical (unpaired) electrons. The highest BCUT2D eigenvalue weighted by Crippen LogP contribution is 2.29. The van der Waals surface area contributed by atoms with Crippen LogP contribution >= 0.6 is 0 Å². The molecule has 3 heterocycles. The fourth-order valence-corrected chi connectivity index (χ4v) is 3.57. The third-order valence-electron chi connectivity index (χ3n) is 4.89. The molecule has 5 heteroatoms. The Labute approximate surface area is 131 Å². The van der Waals surface area contributed by atoms with Crippen molar-refractivity contribution in [1.82, 2.24) is 19.9 Å². The lowest BCUT2D eigenvalue weighted by atomic mass is 9.96. The summed E-state index contributed by atoms with van der Waals surface area (Å²) in [5.41, 5.74) is 4.80. The predicted molar refractivity (Wildman–Crippen MR) is 88.6 cm³/mol. The Kier molecular flexibility index (Phi) is 3.53. The van der Waals surface area contributed by atoms with Gasteiger partial charge in [-0.05, 0) is 44.6 Å². The van der Waals surface area contributed by atoms with E-state index in [2.05, 4.69) is 35.1 Å². The Hall–Kier alpha value is -1.62. The van der Waals surface area contributed by atoms with Crippen LogP contribution in [0.1, 0.15) is 56.0 Å². The summed E-state index contributed by atoms with van der Waals surface area (Å²) in [6, 6.07) is 2.65. The molecule has 0 saturated carbocycles. The number of rotatable bonds is 3. The van der Waals surface area contributed by atoms with Gasteiger partial charge >= 0.3 is 0 Å². The lowest BCUT2D eigenvalue weighted by molar-refractivity contribution is 0.655. The van der Waals surface area contributed by atoms with Gasteiger partial charge in [-0.1, -0.05) is 13.8 Å². The second-order valence-electron chi connectivity index (χ2n) is 6.92. The number of aryl methyl sites for hydroxylation is 1. The standard InChI is InChI=1S/C17H25N5/c1-11(2)15-9-16-20-14-6-4-3-5-13(14)17(22(16)21-15)19-12-7-8-18-10-12/h9,11-12,18-19H,3-8,10H2,1-2H3. The van der Waals surface area contributed by atoms with Crippen molar-refractivity contribution in [1.29, 1.82) is 0 Å². The molecule has 2 aromatic heterocycles. The van der Waals surface area contributed by atoms with Gasteiger partial charge in [0.15, 0.2) is 5.65 Å². The van der Waals surface area contributed by atoms with E-state index >= 15 is 0 Å². The molecule has 5 nitrogen and oxygen atoms in total. The molecule has 22 heavy (non-hydrogen) atoms. The molecule has 0 amide bonds. The average molecular weight is 299 g/mol. The Morgan fingerprint density at radius 2 is 2.18 bits per heavy atom. The first kappa shape index (κ1) is 14.0. The monoisotopic (exact) mass is 299 g/mol. The van der Waals surface area contributed by atoms with E-state index in [1.807, 2.05) is 0 Å². The van der Waals surface area contributed by atoms with Crippen molar-refractivity contribution < 1.29 is 0 Å². The van der Waals surface area contributed by atoms with Crippen LogP contribution in [0.4, 0.5) is 5.82 Å². The van der Waals surface area contributed by atoms with Gasteiger partial charge in [0.1, 0.15) is 5.82 Å². The van der Waals surface area contributed by atoms with Gasteiger partial charge in [0.25, 0.3) is 0 Å². The zero-order chi connectivity index (χ0) is 15.1. The van der Waals surface area contributed by atoms with Crippen LogP contribution in [0, 0.1) is 0 Å². The summed E-state index contributed by atoms with van der Waals surface area (Å²) in [6.45, 7) is 6.52. The fraction of sp³-hybridized carbons (Fsp3) is 0.647. The highest BCUT2D eigenvalue weighted by Gasteiger charge is 2.23. The minimum Gasteiger partial charge on any atom is -0.366 e. The highest BCUT2D eigenvalue weighted by atomic mass is 15.3. The molecule has 1 aliphatic carbocycles. The quantitative estimate of drug-likeness (QED) is 0.914. The first-order chi connectivity index (χ1) is 10.7. The van der Waals surface area contributed by atoms with E-state index in [9.17, 15) is 0 Å². The Balaban J connectivity index is 1.84. The lowest BCUT2D eigenvalue weighted by Gasteiger charge is -2.22. The van der Waals surface area contributed by atoms with E-state index in [0.29, 0.717) is 12.0 Å². The van der Waals surface area contributed by atoms with Gasteiger partial charge in [-0.3, -0.25) is 0 Å². The van der Waals surface area contributed by atoms with Crippen LogP contribution in [0.15, 0.2) is 6.07 Å². The molecule has 1 fully saturated rings. The first-order valence-corrected chi connectivity index (χ1v) is 8.61. The molecule has 0 spiro atoms. The largest absolute Gasteiger partial charge is 0.366 e. The molecule has 1 saturated heterocycles. The second kappa shape index (κ2) is 5.54. The molecule has 0 aromatic carbocycles. The van der Waals surface area contributed by atoms with Crippen LogP contribution in [-0.2, 0) is 12.8 Å². The average Bonchev–Trinajstić information content (AvgIpc) is 3.15. The van der Waals surface area contributed by atoms with E-state index in [1.54, 1.807) is 0 Å². The molecular formula is C17H25N5. The molecule has 1 atom stereocenters. The third kappa shape index (κ3) is 2.37. The maximum atomic E-state index is 4.90. The molecule has 4 rings (SSSR count). The molecule has 2 aromatic rings. The summed E-state index contributed by atoms with van der Waals surface area (Å²) in [7, 11) is 0. The number of hydrogen-bond acceptors (Lipinski definition) is 4. The van der Waals surface area contributed by atoms with Gasteiger partial charge in [0.05, 0.1) is 5.69 Å². The van der Waals surface area contributed by atoms with E-state index in [-0.39, 0.29) is 0 Å². The molecular weight excluding hydrogens is 274 g/mol. The van der Waals surface area contributed by atoms with Crippen LogP contribution in [0.25, 0.3) is 5.65 Å². The van der Waals surface area contributed by atoms with Gasteiger partial charge < -0.3 is 10.6 Å². The topological polar surface area (TPSA) is 54.2 Å². The van der Waals surface area contributed by atoms with Crippen molar-refractivity contribution >= 4 is 11.5 Å². The van der Waals surface area contributed by atoms with E-state index in [4.69, 9.17) is 10.1 Å². The van der Waals surface area contributed by atoms with Crippen molar-refractivity contribution in [2.45, 2.75) is 57.9 Å². The summed E-state index contributed by atoms with van der Waals surface area (Å²) in [5, 5.41) is 12.0. The van der Waals surface area contributed by atoms with Gasteiger partial charge in [-0.15, -0.1) is 0 Å². The van der Waals surface area contributed by atoms with Gasteiger partial charge in [0, 0.05) is 29.9 Å². The molecule has 2 aliphatic rings. The summed E-state index contributed by atoms with van der Waals surface area (Å²) in [5.74, 6) is 1.63. The molecule has 0 bridgehead atoms. The van der Waals surface area contributed by atoms with Crippen LogP contribution in [-0.4, -0.2) is 33.7 Å². The van der Waals surface area contributed by atoms with Gasteiger partial charge in [0.2, 0.25) is 0 Å². The molecule has 118 valence electrons. The number of nitrogens with zero attached hydrogens (tertiary/aromatic N) is 3. The van der Waals surface area contributed by atoms with Crippen molar-refractivity contribution in [2.75, 3.05) is 18.4 Å². The van der Waals surface area contributed by atoms with Crippen LogP contribution in [0.3, 0.4) is 0 Å². The van der Waals surface area contributed by atoms with E-state index in [0.717, 1.165) is 37.3 Å². The van der Waals surface area contributed by atoms with Crippen molar-refractivity contribution in [2.24, 2.45) is 0 Å². The zero-order valence-electron chi connectivity index (χ0n) is 13.5. The minimum absolute atomic E-state index is 0.430. The number of fused-ring (bicyclic) bond motifs is 2. The first-order valence-electron chi connectivity index (χ1n) is 8.61. The second-order valence-corrected chi connectivity index (χ2v) is 6.92.